The van der Waals surface area contributed by atoms with Crippen LogP contribution in [-0.2, 0) is 0 Å². The van der Waals surface area contributed by atoms with Crippen molar-refractivity contribution in [2.45, 2.75) is 37.8 Å². The molecule has 0 amide bonds. The summed E-state index contributed by atoms with van der Waals surface area (Å²) in [6.07, 6.45) is 3.92. The molecular formula is C12H16ClN3O2. The lowest BCUT2D eigenvalue weighted by Gasteiger charge is -2.28. The molecule has 3 N–H and O–H groups in total. The van der Waals surface area contributed by atoms with Crippen molar-refractivity contribution >= 4 is 23.0 Å². The normalized spacial score (nSPS) is 23.7. The van der Waals surface area contributed by atoms with Crippen molar-refractivity contribution in [1.82, 2.24) is 0 Å². The molecule has 6 heteroatoms. The highest BCUT2D eigenvalue weighted by Crippen LogP contribution is 2.30. The minimum atomic E-state index is -0.420. The summed E-state index contributed by atoms with van der Waals surface area (Å²) in [6.45, 7) is 0. The van der Waals surface area contributed by atoms with Gasteiger partial charge >= 0.3 is 0 Å². The van der Waals surface area contributed by atoms with Crippen LogP contribution >= 0.6 is 11.6 Å². The lowest BCUT2D eigenvalue weighted by atomic mass is 9.91. The Labute approximate surface area is 110 Å². The van der Waals surface area contributed by atoms with Crippen molar-refractivity contribution < 1.29 is 4.92 Å². The van der Waals surface area contributed by atoms with E-state index in [4.69, 9.17) is 17.3 Å². The van der Waals surface area contributed by atoms with Gasteiger partial charge in [0.25, 0.3) is 5.69 Å². The number of nitro benzene ring substituents is 1. The van der Waals surface area contributed by atoms with E-state index in [1.165, 1.54) is 6.07 Å². The number of hydrogen-bond acceptors (Lipinski definition) is 4. The molecule has 1 aromatic rings. The van der Waals surface area contributed by atoms with E-state index in [0.29, 0.717) is 10.7 Å². The molecule has 2 atom stereocenters. The Bertz CT molecular complexity index is 453. The fourth-order valence-corrected chi connectivity index (χ4v) is 2.52. The second-order valence-corrected chi connectivity index (χ2v) is 5.12. The van der Waals surface area contributed by atoms with E-state index in [1.54, 1.807) is 12.1 Å². The Hall–Kier alpha value is -1.33. The van der Waals surface area contributed by atoms with Gasteiger partial charge in [0, 0.05) is 23.2 Å². The van der Waals surface area contributed by atoms with Crippen LogP contribution in [0.25, 0.3) is 0 Å². The lowest BCUT2D eigenvalue weighted by molar-refractivity contribution is -0.384. The summed E-state index contributed by atoms with van der Waals surface area (Å²) < 4.78 is 0. The van der Waals surface area contributed by atoms with Crippen LogP contribution in [0.2, 0.25) is 5.02 Å². The van der Waals surface area contributed by atoms with Crippen LogP contribution < -0.4 is 11.1 Å². The molecule has 0 heterocycles. The van der Waals surface area contributed by atoms with E-state index >= 15 is 0 Å². The van der Waals surface area contributed by atoms with Gasteiger partial charge in [-0.05, 0) is 37.8 Å². The van der Waals surface area contributed by atoms with Crippen LogP contribution in [0, 0.1) is 10.1 Å². The highest BCUT2D eigenvalue weighted by Gasteiger charge is 2.22. The number of nitro groups is 1. The van der Waals surface area contributed by atoms with Crippen molar-refractivity contribution in [3.63, 3.8) is 0 Å². The topological polar surface area (TPSA) is 81.2 Å². The molecule has 98 valence electrons. The molecule has 2 unspecified atom stereocenters. The molecular weight excluding hydrogens is 254 g/mol. The van der Waals surface area contributed by atoms with Crippen molar-refractivity contribution in [2.24, 2.45) is 5.73 Å². The summed E-state index contributed by atoms with van der Waals surface area (Å²) in [4.78, 5) is 10.5. The molecule has 1 aliphatic carbocycles. The number of nitrogens with one attached hydrogen (secondary N) is 1. The first-order valence-corrected chi connectivity index (χ1v) is 6.40. The van der Waals surface area contributed by atoms with Crippen LogP contribution in [0.5, 0.6) is 0 Å². The zero-order chi connectivity index (χ0) is 13.1. The summed E-state index contributed by atoms with van der Waals surface area (Å²) in [5.41, 5.74) is 6.44. The Morgan fingerprint density at radius 3 is 2.89 bits per heavy atom. The predicted octanol–water partition coefficient (Wildman–Crippen LogP) is 2.93. The van der Waals surface area contributed by atoms with Crippen LogP contribution in [0.3, 0.4) is 0 Å². The van der Waals surface area contributed by atoms with Gasteiger partial charge in [0.15, 0.2) is 0 Å². The molecule has 0 bridgehead atoms. The maximum atomic E-state index is 11.0. The van der Waals surface area contributed by atoms with Crippen molar-refractivity contribution in [1.29, 1.82) is 0 Å². The largest absolute Gasteiger partial charge is 0.377 e. The maximum Gasteiger partial charge on any atom is 0.293 e. The summed E-state index contributed by atoms with van der Waals surface area (Å²) in [7, 11) is 0. The number of nitrogens with two attached hydrogens (primary N) is 1. The number of benzene rings is 1. The number of rotatable bonds is 3. The minimum absolute atomic E-state index is 0.0154. The minimum Gasteiger partial charge on any atom is -0.377 e. The van der Waals surface area contributed by atoms with Crippen molar-refractivity contribution in [3.05, 3.63) is 33.3 Å². The quantitative estimate of drug-likeness (QED) is 0.653. The average molecular weight is 270 g/mol. The first kappa shape index (κ1) is 13.1. The number of anilines is 1. The molecule has 1 aliphatic rings. The summed E-state index contributed by atoms with van der Waals surface area (Å²) in [6, 6.07) is 5.06. The van der Waals surface area contributed by atoms with Gasteiger partial charge in [-0.1, -0.05) is 11.6 Å². The Morgan fingerprint density at radius 2 is 2.22 bits per heavy atom. The third-order valence-electron chi connectivity index (χ3n) is 3.23. The fraction of sp³-hybridized carbons (Fsp3) is 0.500. The predicted molar refractivity (Wildman–Crippen MR) is 72.0 cm³/mol. The molecule has 0 radical (unpaired) electrons. The van der Waals surface area contributed by atoms with Gasteiger partial charge in [0.05, 0.1) is 4.92 Å². The van der Waals surface area contributed by atoms with Crippen LogP contribution in [0.15, 0.2) is 18.2 Å². The van der Waals surface area contributed by atoms with Gasteiger partial charge in [-0.25, -0.2) is 0 Å². The number of nitrogens with zero attached hydrogens (tertiary/aromatic N) is 1. The Balaban J connectivity index is 2.15. The van der Waals surface area contributed by atoms with Crippen molar-refractivity contribution in [3.8, 4) is 0 Å². The molecule has 5 nitrogen and oxygen atoms in total. The second-order valence-electron chi connectivity index (χ2n) is 4.69. The van der Waals surface area contributed by atoms with E-state index in [9.17, 15) is 10.1 Å². The third-order valence-corrected chi connectivity index (χ3v) is 3.47. The highest BCUT2D eigenvalue weighted by molar-refractivity contribution is 6.30. The second kappa shape index (κ2) is 5.54. The first-order chi connectivity index (χ1) is 8.56. The average Bonchev–Trinajstić information content (AvgIpc) is 2.31. The van der Waals surface area contributed by atoms with E-state index in [2.05, 4.69) is 5.32 Å². The van der Waals surface area contributed by atoms with Crippen LogP contribution in [0.1, 0.15) is 25.7 Å². The van der Waals surface area contributed by atoms with Crippen LogP contribution in [0.4, 0.5) is 11.4 Å². The van der Waals surface area contributed by atoms with E-state index in [0.717, 1.165) is 25.7 Å². The molecule has 2 rings (SSSR count). The summed E-state index contributed by atoms with van der Waals surface area (Å²) in [5.74, 6) is 0. The van der Waals surface area contributed by atoms with Gasteiger partial charge in [-0.15, -0.1) is 0 Å². The standard InChI is InChI=1S/C12H16ClN3O2/c13-8-4-5-11(12(6-8)16(17)18)15-10-3-1-2-9(14)7-10/h4-6,9-10,15H,1-3,7,14H2. The summed E-state index contributed by atoms with van der Waals surface area (Å²) in [5, 5.41) is 14.5. The van der Waals surface area contributed by atoms with Gasteiger partial charge < -0.3 is 11.1 Å². The molecule has 1 fully saturated rings. The van der Waals surface area contributed by atoms with Gasteiger partial charge in [0.1, 0.15) is 5.69 Å². The number of hydrogen-bond donors (Lipinski definition) is 2. The maximum absolute atomic E-state index is 11.0. The lowest BCUT2D eigenvalue weighted by Crippen LogP contribution is -2.35. The summed E-state index contributed by atoms with van der Waals surface area (Å²) >= 11 is 5.77. The molecule has 18 heavy (non-hydrogen) atoms. The zero-order valence-corrected chi connectivity index (χ0v) is 10.7. The molecule has 0 aromatic heterocycles. The van der Waals surface area contributed by atoms with E-state index < -0.39 is 4.92 Å². The Kier molecular flexibility index (Phi) is 4.04. The van der Waals surface area contributed by atoms with Crippen LogP contribution in [-0.4, -0.2) is 17.0 Å². The number of halogens is 1. The first-order valence-electron chi connectivity index (χ1n) is 6.02. The molecule has 0 aliphatic heterocycles. The van der Waals surface area contributed by atoms with Gasteiger partial charge in [-0.2, -0.15) is 0 Å². The highest BCUT2D eigenvalue weighted by atomic mass is 35.5. The van der Waals surface area contributed by atoms with Gasteiger partial charge in [0.2, 0.25) is 0 Å². The molecule has 1 aromatic carbocycles. The smallest absolute Gasteiger partial charge is 0.293 e. The van der Waals surface area contributed by atoms with Gasteiger partial charge in [-0.3, -0.25) is 10.1 Å². The fourth-order valence-electron chi connectivity index (χ4n) is 2.36. The monoisotopic (exact) mass is 269 g/mol. The zero-order valence-electron chi connectivity index (χ0n) is 9.93. The van der Waals surface area contributed by atoms with E-state index in [-0.39, 0.29) is 17.8 Å². The SMILES string of the molecule is NC1CCCC(Nc2ccc(Cl)cc2[N+](=O)[O-])C1. The molecule has 1 saturated carbocycles. The molecule has 0 spiro atoms. The third kappa shape index (κ3) is 3.11. The molecule has 0 saturated heterocycles. The van der Waals surface area contributed by atoms with E-state index in [1.807, 2.05) is 0 Å². The van der Waals surface area contributed by atoms with Crippen molar-refractivity contribution in [2.75, 3.05) is 5.32 Å². The Morgan fingerprint density at radius 1 is 1.44 bits per heavy atom.